The number of sulfone groups is 1. The van der Waals surface area contributed by atoms with Gasteiger partial charge >= 0.3 is 0 Å². The lowest BCUT2D eigenvalue weighted by atomic mass is 10.4. The Labute approximate surface area is 86.9 Å². The third kappa shape index (κ3) is 4.39. The minimum Gasteiger partial charge on any atom is -0.383 e. The summed E-state index contributed by atoms with van der Waals surface area (Å²) in [6.45, 7) is 4.05. The Morgan fingerprint density at radius 3 is 2.36 bits per heavy atom. The third-order valence-electron chi connectivity index (χ3n) is 2.40. The van der Waals surface area contributed by atoms with Gasteiger partial charge in [-0.3, -0.25) is 0 Å². The Morgan fingerprint density at radius 1 is 1.43 bits per heavy atom. The summed E-state index contributed by atoms with van der Waals surface area (Å²) in [7, 11) is 0.329. The highest BCUT2D eigenvalue weighted by molar-refractivity contribution is 7.92. The lowest BCUT2D eigenvalue weighted by Crippen LogP contribution is -2.39. The van der Waals surface area contributed by atoms with Crippen molar-refractivity contribution in [2.45, 2.75) is 31.6 Å². The molecule has 0 rings (SSSR count). The summed E-state index contributed by atoms with van der Waals surface area (Å²) in [5, 5.41) is 2.67. The first-order valence-corrected chi connectivity index (χ1v) is 6.57. The first-order chi connectivity index (χ1) is 6.47. The van der Waals surface area contributed by atoms with E-state index in [1.165, 1.54) is 0 Å². The monoisotopic (exact) mass is 223 g/mol. The molecule has 2 unspecified atom stereocenters. The van der Waals surface area contributed by atoms with Gasteiger partial charge in [0.1, 0.15) is 0 Å². The van der Waals surface area contributed by atoms with Crippen LogP contribution in [0.4, 0.5) is 0 Å². The predicted molar refractivity (Wildman–Crippen MR) is 58.3 cm³/mol. The van der Waals surface area contributed by atoms with Crippen molar-refractivity contribution >= 4 is 9.84 Å². The largest absolute Gasteiger partial charge is 0.383 e. The van der Waals surface area contributed by atoms with E-state index in [2.05, 4.69) is 5.32 Å². The molecule has 0 radical (unpaired) electrons. The van der Waals surface area contributed by atoms with Gasteiger partial charge in [-0.15, -0.1) is 0 Å². The van der Waals surface area contributed by atoms with E-state index in [0.717, 1.165) is 0 Å². The Kier molecular flexibility index (Phi) is 6.31. The molecule has 0 bridgehead atoms. The molecule has 86 valence electrons. The zero-order chi connectivity index (χ0) is 11.2. The smallest absolute Gasteiger partial charge is 0.154 e. The van der Waals surface area contributed by atoms with Crippen LogP contribution in [-0.2, 0) is 14.6 Å². The van der Waals surface area contributed by atoms with Gasteiger partial charge in [0.2, 0.25) is 0 Å². The van der Waals surface area contributed by atoms with Gasteiger partial charge in [0.25, 0.3) is 0 Å². The minimum absolute atomic E-state index is 0.112. The molecule has 2 atom stereocenters. The fraction of sp³-hybridized carbons (Fsp3) is 1.00. The average molecular weight is 223 g/mol. The molecule has 0 aromatic carbocycles. The highest BCUT2D eigenvalue weighted by Crippen LogP contribution is 2.07. The standard InChI is InChI=1S/C9H21NO3S/c1-5-8(2)14(11,12)7-9(10-3)6-13-4/h8-10H,5-7H2,1-4H3. The van der Waals surface area contributed by atoms with Gasteiger partial charge < -0.3 is 10.1 Å². The van der Waals surface area contributed by atoms with Crippen molar-refractivity contribution in [1.29, 1.82) is 0 Å². The minimum atomic E-state index is -2.99. The summed E-state index contributed by atoms with van der Waals surface area (Å²) >= 11 is 0. The topological polar surface area (TPSA) is 55.4 Å². The van der Waals surface area contributed by atoms with E-state index in [0.29, 0.717) is 13.0 Å². The first kappa shape index (κ1) is 13.9. The molecule has 0 aromatic rings. The number of ether oxygens (including phenoxy) is 1. The highest BCUT2D eigenvalue weighted by atomic mass is 32.2. The molecule has 0 aliphatic rings. The van der Waals surface area contributed by atoms with Crippen molar-refractivity contribution in [3.8, 4) is 0 Å². The van der Waals surface area contributed by atoms with Crippen molar-refractivity contribution < 1.29 is 13.2 Å². The fourth-order valence-electron chi connectivity index (χ4n) is 1.11. The van der Waals surface area contributed by atoms with Crippen LogP contribution < -0.4 is 5.32 Å². The van der Waals surface area contributed by atoms with Crippen LogP contribution in [0, 0.1) is 0 Å². The first-order valence-electron chi connectivity index (χ1n) is 4.85. The Hall–Kier alpha value is -0.130. The van der Waals surface area contributed by atoms with Crippen molar-refractivity contribution in [2.24, 2.45) is 0 Å². The Balaban J connectivity index is 4.32. The van der Waals surface area contributed by atoms with Crippen LogP contribution in [0.2, 0.25) is 0 Å². The molecular formula is C9H21NO3S. The molecule has 4 nitrogen and oxygen atoms in total. The average Bonchev–Trinajstić information content (AvgIpc) is 2.15. The maximum atomic E-state index is 11.7. The van der Waals surface area contributed by atoms with Crippen LogP contribution in [0.25, 0.3) is 0 Å². The summed E-state index contributed by atoms with van der Waals surface area (Å²) in [5.41, 5.74) is 0. The van der Waals surface area contributed by atoms with Crippen molar-refractivity contribution in [3.63, 3.8) is 0 Å². The fourth-order valence-corrected chi connectivity index (χ4v) is 2.77. The van der Waals surface area contributed by atoms with E-state index in [1.54, 1.807) is 21.1 Å². The number of hydrogen-bond donors (Lipinski definition) is 1. The van der Waals surface area contributed by atoms with E-state index in [9.17, 15) is 8.42 Å². The zero-order valence-electron chi connectivity index (χ0n) is 9.41. The third-order valence-corrected chi connectivity index (χ3v) is 4.82. The molecule has 1 N–H and O–H groups in total. The molecule has 0 aliphatic carbocycles. The lowest BCUT2D eigenvalue weighted by Gasteiger charge is -2.17. The molecule has 0 aliphatic heterocycles. The molecule has 0 heterocycles. The molecule has 0 saturated heterocycles. The Bertz CT molecular complexity index is 238. The predicted octanol–water partition coefficient (Wildman–Crippen LogP) is 0.434. The van der Waals surface area contributed by atoms with Crippen molar-refractivity contribution in [2.75, 3.05) is 26.5 Å². The maximum absolute atomic E-state index is 11.7. The SMILES string of the molecule is CCC(C)S(=O)(=O)CC(COC)NC. The van der Waals surface area contributed by atoms with E-state index >= 15 is 0 Å². The summed E-state index contributed by atoms with van der Waals surface area (Å²) < 4.78 is 28.3. The van der Waals surface area contributed by atoms with Gasteiger partial charge in [-0.2, -0.15) is 0 Å². The molecule has 5 heteroatoms. The van der Waals surface area contributed by atoms with E-state index in [-0.39, 0.29) is 17.0 Å². The number of likely N-dealkylation sites (N-methyl/N-ethyl adjacent to an activating group) is 1. The molecular weight excluding hydrogens is 202 g/mol. The van der Waals surface area contributed by atoms with Crippen LogP contribution in [-0.4, -0.2) is 46.2 Å². The van der Waals surface area contributed by atoms with Gasteiger partial charge in [0, 0.05) is 13.2 Å². The van der Waals surface area contributed by atoms with Crippen LogP contribution in [0.1, 0.15) is 20.3 Å². The summed E-state index contributed by atoms with van der Waals surface area (Å²) in [6.07, 6.45) is 0.658. The van der Waals surface area contributed by atoms with Crippen LogP contribution in [0.5, 0.6) is 0 Å². The van der Waals surface area contributed by atoms with Crippen LogP contribution in [0.3, 0.4) is 0 Å². The zero-order valence-corrected chi connectivity index (χ0v) is 10.2. The van der Waals surface area contributed by atoms with Crippen LogP contribution in [0.15, 0.2) is 0 Å². The normalized spacial score (nSPS) is 16.6. The Morgan fingerprint density at radius 2 is 2.00 bits per heavy atom. The van der Waals surface area contributed by atoms with Gasteiger partial charge in [-0.1, -0.05) is 6.92 Å². The highest BCUT2D eigenvalue weighted by Gasteiger charge is 2.23. The number of hydrogen-bond acceptors (Lipinski definition) is 4. The maximum Gasteiger partial charge on any atom is 0.154 e. The second kappa shape index (κ2) is 6.37. The molecule has 0 saturated carbocycles. The van der Waals surface area contributed by atoms with Gasteiger partial charge in [-0.25, -0.2) is 8.42 Å². The van der Waals surface area contributed by atoms with E-state index < -0.39 is 9.84 Å². The van der Waals surface area contributed by atoms with Crippen molar-refractivity contribution in [3.05, 3.63) is 0 Å². The van der Waals surface area contributed by atoms with E-state index in [1.807, 2.05) is 6.92 Å². The lowest BCUT2D eigenvalue weighted by molar-refractivity contribution is 0.176. The second-order valence-corrected chi connectivity index (χ2v) is 5.95. The van der Waals surface area contributed by atoms with Crippen molar-refractivity contribution in [1.82, 2.24) is 5.32 Å². The van der Waals surface area contributed by atoms with Crippen LogP contribution >= 0.6 is 0 Å². The quantitative estimate of drug-likeness (QED) is 0.680. The summed E-state index contributed by atoms with van der Waals surface area (Å²) in [6, 6.07) is -0.112. The number of rotatable bonds is 7. The van der Waals surface area contributed by atoms with Gasteiger partial charge in [0.15, 0.2) is 9.84 Å². The molecule has 0 aromatic heterocycles. The number of methoxy groups -OCH3 is 1. The number of nitrogens with one attached hydrogen (secondary N) is 1. The molecule has 0 fully saturated rings. The van der Waals surface area contributed by atoms with E-state index in [4.69, 9.17) is 4.74 Å². The second-order valence-electron chi connectivity index (χ2n) is 3.49. The summed E-state index contributed by atoms with van der Waals surface area (Å²) in [4.78, 5) is 0. The molecule has 14 heavy (non-hydrogen) atoms. The molecule has 0 spiro atoms. The van der Waals surface area contributed by atoms with Gasteiger partial charge in [-0.05, 0) is 20.4 Å². The summed E-state index contributed by atoms with van der Waals surface area (Å²) in [5.74, 6) is 0.145. The van der Waals surface area contributed by atoms with Gasteiger partial charge in [0.05, 0.1) is 17.6 Å². The molecule has 0 amide bonds.